The molecule has 3 rings (SSSR count). The molecule has 0 radical (unpaired) electrons. The van der Waals surface area contributed by atoms with Crippen molar-refractivity contribution < 1.29 is 23.9 Å². The van der Waals surface area contributed by atoms with Gasteiger partial charge in [-0.25, -0.2) is 0 Å². The van der Waals surface area contributed by atoms with Gasteiger partial charge in [0.2, 0.25) is 5.91 Å². The summed E-state index contributed by atoms with van der Waals surface area (Å²) in [6, 6.07) is 10.2. The SMILES string of the molecule is Cc1cc(OCC(=O)NNC(=O)CCCCCN2C(=O)c3ccccc3C2=O)cc(C)c1Cl. The van der Waals surface area contributed by atoms with Crippen LogP contribution in [0.3, 0.4) is 0 Å². The Labute approximate surface area is 197 Å². The first-order valence-electron chi connectivity index (χ1n) is 10.7. The zero-order chi connectivity index (χ0) is 24.0. The molecule has 8 nitrogen and oxygen atoms in total. The first-order valence-corrected chi connectivity index (χ1v) is 11.1. The number of hydrazine groups is 1. The molecule has 0 atom stereocenters. The van der Waals surface area contributed by atoms with Gasteiger partial charge in [0.25, 0.3) is 17.7 Å². The van der Waals surface area contributed by atoms with Gasteiger partial charge >= 0.3 is 0 Å². The predicted molar refractivity (Wildman–Crippen MR) is 123 cm³/mol. The predicted octanol–water partition coefficient (Wildman–Crippen LogP) is 3.34. The van der Waals surface area contributed by atoms with Gasteiger partial charge in [0, 0.05) is 18.0 Å². The lowest BCUT2D eigenvalue weighted by atomic mass is 10.1. The van der Waals surface area contributed by atoms with Gasteiger partial charge in [0.05, 0.1) is 11.1 Å². The summed E-state index contributed by atoms with van der Waals surface area (Å²) in [6.45, 7) is 3.76. The van der Waals surface area contributed by atoms with Crippen LogP contribution < -0.4 is 15.6 Å². The highest BCUT2D eigenvalue weighted by Gasteiger charge is 2.34. The van der Waals surface area contributed by atoms with E-state index in [9.17, 15) is 19.2 Å². The second kappa shape index (κ2) is 11.0. The highest BCUT2D eigenvalue weighted by atomic mass is 35.5. The summed E-state index contributed by atoms with van der Waals surface area (Å²) >= 11 is 6.11. The van der Waals surface area contributed by atoms with E-state index in [1.54, 1.807) is 36.4 Å². The van der Waals surface area contributed by atoms with Gasteiger partial charge in [-0.1, -0.05) is 30.2 Å². The number of nitrogens with one attached hydrogen (secondary N) is 2. The Morgan fingerprint density at radius 2 is 1.48 bits per heavy atom. The van der Waals surface area contributed by atoms with E-state index in [1.165, 1.54) is 4.90 Å². The molecule has 9 heteroatoms. The summed E-state index contributed by atoms with van der Waals surface area (Å²) in [6.07, 6.45) is 2.02. The minimum Gasteiger partial charge on any atom is -0.484 e. The second-order valence-corrected chi connectivity index (χ2v) is 8.25. The molecule has 2 aromatic rings. The van der Waals surface area contributed by atoms with Crippen LogP contribution in [-0.4, -0.2) is 41.7 Å². The van der Waals surface area contributed by atoms with Crippen molar-refractivity contribution in [3.8, 4) is 5.75 Å². The van der Waals surface area contributed by atoms with Gasteiger partial charge < -0.3 is 4.74 Å². The number of aryl methyl sites for hydroxylation is 2. The number of benzene rings is 2. The molecule has 174 valence electrons. The van der Waals surface area contributed by atoms with Crippen molar-refractivity contribution in [2.75, 3.05) is 13.2 Å². The molecule has 0 saturated carbocycles. The maximum atomic E-state index is 12.3. The second-order valence-electron chi connectivity index (χ2n) is 7.87. The fraction of sp³-hybridized carbons (Fsp3) is 0.333. The Kier molecular flexibility index (Phi) is 8.06. The minimum absolute atomic E-state index is 0.207. The highest BCUT2D eigenvalue weighted by molar-refractivity contribution is 6.32. The largest absolute Gasteiger partial charge is 0.484 e. The average Bonchev–Trinajstić information content (AvgIpc) is 3.04. The normalized spacial score (nSPS) is 12.5. The van der Waals surface area contributed by atoms with E-state index >= 15 is 0 Å². The van der Waals surface area contributed by atoms with E-state index in [0.717, 1.165) is 11.1 Å². The first-order chi connectivity index (χ1) is 15.8. The highest BCUT2D eigenvalue weighted by Crippen LogP contribution is 2.26. The van der Waals surface area contributed by atoms with Crippen LogP contribution in [0.4, 0.5) is 0 Å². The van der Waals surface area contributed by atoms with Crippen LogP contribution in [0.25, 0.3) is 0 Å². The van der Waals surface area contributed by atoms with Gasteiger partial charge in [-0.05, 0) is 62.1 Å². The van der Waals surface area contributed by atoms with E-state index in [2.05, 4.69) is 10.9 Å². The average molecular weight is 472 g/mol. The molecule has 2 aromatic carbocycles. The van der Waals surface area contributed by atoms with E-state index in [4.69, 9.17) is 16.3 Å². The van der Waals surface area contributed by atoms with Gasteiger partial charge in [0.1, 0.15) is 5.75 Å². The number of imide groups is 1. The molecule has 0 aliphatic carbocycles. The van der Waals surface area contributed by atoms with Crippen molar-refractivity contribution in [3.05, 3.63) is 63.7 Å². The molecule has 0 aromatic heterocycles. The zero-order valence-electron chi connectivity index (χ0n) is 18.6. The van der Waals surface area contributed by atoms with Crippen LogP contribution in [0.15, 0.2) is 36.4 Å². The van der Waals surface area contributed by atoms with E-state index in [0.29, 0.717) is 47.7 Å². The van der Waals surface area contributed by atoms with E-state index in [1.807, 2.05) is 13.8 Å². The van der Waals surface area contributed by atoms with Crippen LogP contribution in [0.1, 0.15) is 57.5 Å². The van der Waals surface area contributed by atoms with E-state index < -0.39 is 5.91 Å². The third-order valence-electron chi connectivity index (χ3n) is 5.28. The van der Waals surface area contributed by atoms with Crippen molar-refractivity contribution in [2.45, 2.75) is 39.5 Å². The maximum absolute atomic E-state index is 12.3. The molecule has 4 amide bonds. The quantitative estimate of drug-likeness (QED) is 0.331. The summed E-state index contributed by atoms with van der Waals surface area (Å²) in [4.78, 5) is 49.7. The Morgan fingerprint density at radius 3 is 2.09 bits per heavy atom. The lowest BCUT2D eigenvalue weighted by Crippen LogP contribution is -2.43. The fourth-order valence-corrected chi connectivity index (χ4v) is 3.66. The molecule has 0 fully saturated rings. The van der Waals surface area contributed by atoms with Crippen molar-refractivity contribution in [2.24, 2.45) is 0 Å². The number of unbranched alkanes of at least 4 members (excludes halogenated alkanes) is 2. The Hall–Kier alpha value is -3.39. The van der Waals surface area contributed by atoms with Gasteiger partial charge in [-0.2, -0.15) is 0 Å². The number of nitrogens with zero attached hydrogens (tertiary/aromatic N) is 1. The molecule has 1 aliphatic heterocycles. The Morgan fingerprint density at radius 1 is 0.909 bits per heavy atom. The molecule has 0 spiro atoms. The Bertz CT molecular complexity index is 1030. The van der Waals surface area contributed by atoms with Crippen molar-refractivity contribution in [1.82, 2.24) is 15.8 Å². The summed E-state index contributed by atoms with van der Waals surface area (Å²) in [7, 11) is 0. The molecule has 33 heavy (non-hydrogen) atoms. The number of hydrogen-bond donors (Lipinski definition) is 2. The van der Waals surface area contributed by atoms with E-state index in [-0.39, 0.29) is 30.7 Å². The van der Waals surface area contributed by atoms with Crippen molar-refractivity contribution in [3.63, 3.8) is 0 Å². The lowest BCUT2D eigenvalue weighted by molar-refractivity contribution is -0.130. The number of hydrogen-bond acceptors (Lipinski definition) is 5. The summed E-state index contributed by atoms with van der Waals surface area (Å²) in [5.41, 5.74) is 7.23. The molecule has 0 saturated heterocycles. The molecule has 0 bridgehead atoms. The number of ether oxygens (including phenoxy) is 1. The topological polar surface area (TPSA) is 105 Å². The third kappa shape index (κ3) is 6.10. The van der Waals surface area contributed by atoms with Gasteiger partial charge in [0.15, 0.2) is 6.61 Å². The third-order valence-corrected chi connectivity index (χ3v) is 5.88. The number of carbonyl (C=O) groups is 4. The van der Waals surface area contributed by atoms with Crippen LogP contribution in [0.2, 0.25) is 5.02 Å². The number of halogens is 1. The van der Waals surface area contributed by atoms with Gasteiger partial charge in [-0.15, -0.1) is 0 Å². The smallest absolute Gasteiger partial charge is 0.276 e. The lowest BCUT2D eigenvalue weighted by Gasteiger charge is -2.13. The van der Waals surface area contributed by atoms with Crippen LogP contribution in [-0.2, 0) is 9.59 Å². The van der Waals surface area contributed by atoms with Crippen molar-refractivity contribution in [1.29, 1.82) is 0 Å². The number of amides is 4. The van der Waals surface area contributed by atoms with Crippen LogP contribution in [0, 0.1) is 13.8 Å². The fourth-order valence-electron chi connectivity index (χ4n) is 3.55. The first kappa shape index (κ1) is 24.3. The molecule has 0 unspecified atom stereocenters. The van der Waals surface area contributed by atoms with Crippen LogP contribution in [0.5, 0.6) is 5.75 Å². The molecular weight excluding hydrogens is 446 g/mol. The number of fused-ring (bicyclic) bond motifs is 1. The Balaban J connectivity index is 1.29. The van der Waals surface area contributed by atoms with Crippen molar-refractivity contribution >= 4 is 35.2 Å². The summed E-state index contributed by atoms with van der Waals surface area (Å²) in [5.74, 6) is -0.847. The standard InChI is InChI=1S/C24H26ClN3O5/c1-15-12-17(13-16(2)22(15)25)33-14-21(30)27-26-20(29)10-4-3-7-11-28-23(31)18-8-5-6-9-19(18)24(28)32/h5-6,8-9,12-13H,3-4,7,10-11,14H2,1-2H3,(H,26,29)(H,27,30). The molecular formula is C24H26ClN3O5. The maximum Gasteiger partial charge on any atom is 0.276 e. The number of carbonyl (C=O) groups excluding carboxylic acids is 4. The minimum atomic E-state index is -0.487. The summed E-state index contributed by atoms with van der Waals surface area (Å²) in [5, 5.41) is 0.655. The number of rotatable bonds is 9. The zero-order valence-corrected chi connectivity index (χ0v) is 19.3. The molecule has 1 aliphatic rings. The molecule has 2 N–H and O–H groups in total. The molecule has 1 heterocycles. The van der Waals surface area contributed by atoms with Crippen LogP contribution >= 0.6 is 11.6 Å². The summed E-state index contributed by atoms with van der Waals surface area (Å²) < 4.78 is 5.44. The monoisotopic (exact) mass is 471 g/mol. The van der Waals surface area contributed by atoms with Gasteiger partial charge in [-0.3, -0.25) is 34.9 Å².